The van der Waals surface area contributed by atoms with Crippen molar-refractivity contribution in [3.8, 4) is 0 Å². The predicted octanol–water partition coefficient (Wildman–Crippen LogP) is 2.88. The Bertz CT molecular complexity index is 512. The minimum absolute atomic E-state index is 0.0220. The van der Waals surface area contributed by atoms with Crippen LogP contribution in [0, 0.1) is 0 Å². The van der Waals surface area contributed by atoms with Gasteiger partial charge in [-0.15, -0.1) is 0 Å². The van der Waals surface area contributed by atoms with E-state index >= 15 is 0 Å². The molecule has 2 heterocycles. The van der Waals surface area contributed by atoms with E-state index in [0.29, 0.717) is 0 Å². The first-order valence-electron chi connectivity index (χ1n) is 5.64. The molecular formula is C13H17N3. The molecule has 0 radical (unpaired) electrons. The number of pyridine rings is 1. The van der Waals surface area contributed by atoms with Gasteiger partial charge in [0.05, 0.1) is 5.69 Å². The minimum Gasteiger partial charge on any atom is -0.237 e. The van der Waals surface area contributed by atoms with Gasteiger partial charge in [-0.25, -0.2) is 15.0 Å². The van der Waals surface area contributed by atoms with Gasteiger partial charge < -0.3 is 0 Å². The predicted molar refractivity (Wildman–Crippen MR) is 65.4 cm³/mol. The van der Waals surface area contributed by atoms with Crippen molar-refractivity contribution in [2.24, 2.45) is 0 Å². The first kappa shape index (κ1) is 11.0. The summed E-state index contributed by atoms with van der Waals surface area (Å²) in [6.07, 6.45) is 2.62. The number of aromatic nitrogens is 3. The van der Waals surface area contributed by atoms with Gasteiger partial charge >= 0.3 is 0 Å². The zero-order chi connectivity index (χ0) is 11.8. The third kappa shape index (κ3) is 1.90. The topological polar surface area (TPSA) is 38.7 Å². The maximum Gasteiger partial charge on any atom is 0.163 e. The molecule has 0 unspecified atom stereocenters. The molecule has 0 saturated carbocycles. The highest BCUT2D eigenvalue weighted by molar-refractivity contribution is 5.78. The molecule has 0 atom stereocenters. The van der Waals surface area contributed by atoms with E-state index in [0.717, 1.165) is 29.0 Å². The normalized spacial score (nSPS) is 12.0. The quantitative estimate of drug-likeness (QED) is 0.734. The fraction of sp³-hybridized carbons (Fsp3) is 0.462. The smallest absolute Gasteiger partial charge is 0.163 e. The van der Waals surface area contributed by atoms with Crippen LogP contribution >= 0.6 is 0 Å². The molecule has 0 aliphatic rings. The van der Waals surface area contributed by atoms with E-state index in [4.69, 9.17) is 0 Å². The molecule has 2 aromatic rings. The highest BCUT2D eigenvalue weighted by atomic mass is 14.9. The van der Waals surface area contributed by atoms with Gasteiger partial charge in [-0.3, -0.25) is 0 Å². The van der Waals surface area contributed by atoms with Crippen molar-refractivity contribution < 1.29 is 0 Å². The van der Waals surface area contributed by atoms with E-state index in [1.54, 1.807) is 6.20 Å². The third-order valence-electron chi connectivity index (χ3n) is 2.54. The Hall–Kier alpha value is -1.51. The van der Waals surface area contributed by atoms with Crippen LogP contribution in [0.3, 0.4) is 0 Å². The van der Waals surface area contributed by atoms with Gasteiger partial charge in [0.1, 0.15) is 5.82 Å². The second kappa shape index (κ2) is 3.81. The summed E-state index contributed by atoms with van der Waals surface area (Å²) in [7, 11) is 0. The summed E-state index contributed by atoms with van der Waals surface area (Å²) >= 11 is 0. The molecule has 84 valence electrons. The highest BCUT2D eigenvalue weighted by Gasteiger charge is 2.20. The van der Waals surface area contributed by atoms with Gasteiger partial charge in [0.15, 0.2) is 5.65 Å². The fourth-order valence-corrected chi connectivity index (χ4v) is 1.74. The third-order valence-corrected chi connectivity index (χ3v) is 2.54. The van der Waals surface area contributed by atoms with Gasteiger partial charge in [-0.2, -0.15) is 0 Å². The van der Waals surface area contributed by atoms with Crippen molar-refractivity contribution in [2.75, 3.05) is 0 Å². The maximum atomic E-state index is 4.64. The van der Waals surface area contributed by atoms with Crippen molar-refractivity contribution in [2.45, 2.75) is 39.5 Å². The minimum atomic E-state index is 0.0220. The number of fused-ring (bicyclic) bond motifs is 1. The molecule has 0 aliphatic carbocycles. The van der Waals surface area contributed by atoms with E-state index in [1.807, 2.05) is 12.1 Å². The van der Waals surface area contributed by atoms with Gasteiger partial charge in [0.2, 0.25) is 0 Å². The fourth-order valence-electron chi connectivity index (χ4n) is 1.74. The molecular weight excluding hydrogens is 198 g/mol. The van der Waals surface area contributed by atoms with Crippen molar-refractivity contribution in [3.63, 3.8) is 0 Å². The van der Waals surface area contributed by atoms with Crippen LogP contribution in [0.4, 0.5) is 0 Å². The Morgan fingerprint density at radius 1 is 1.19 bits per heavy atom. The van der Waals surface area contributed by atoms with Crippen molar-refractivity contribution in [1.82, 2.24) is 15.0 Å². The monoisotopic (exact) mass is 215 g/mol. The largest absolute Gasteiger partial charge is 0.237 e. The number of hydrogen-bond acceptors (Lipinski definition) is 3. The molecule has 0 amide bonds. The standard InChI is InChI=1S/C13H17N3/c1-5-10-15-11(13(2,3)4)9-7-6-8-14-12(9)16-10/h6-8H,5H2,1-4H3. The van der Waals surface area contributed by atoms with Crippen LogP contribution in [0.25, 0.3) is 11.0 Å². The molecule has 0 N–H and O–H groups in total. The molecule has 0 bridgehead atoms. The van der Waals surface area contributed by atoms with E-state index in [2.05, 4.69) is 42.6 Å². The lowest BCUT2D eigenvalue weighted by Gasteiger charge is -2.20. The van der Waals surface area contributed by atoms with E-state index in [1.165, 1.54) is 0 Å². The molecule has 3 heteroatoms. The average Bonchev–Trinajstić information content (AvgIpc) is 2.26. The van der Waals surface area contributed by atoms with Crippen LogP contribution in [0.5, 0.6) is 0 Å². The number of aryl methyl sites for hydroxylation is 1. The maximum absolute atomic E-state index is 4.64. The molecule has 2 aromatic heterocycles. The van der Waals surface area contributed by atoms with Crippen LogP contribution in [0.1, 0.15) is 39.2 Å². The molecule has 2 rings (SSSR count). The second-order valence-electron chi connectivity index (χ2n) is 4.97. The van der Waals surface area contributed by atoms with Gasteiger partial charge in [0, 0.05) is 23.4 Å². The van der Waals surface area contributed by atoms with Gasteiger partial charge in [-0.1, -0.05) is 27.7 Å². The van der Waals surface area contributed by atoms with Crippen molar-refractivity contribution >= 4 is 11.0 Å². The lowest BCUT2D eigenvalue weighted by atomic mass is 9.89. The van der Waals surface area contributed by atoms with E-state index < -0.39 is 0 Å². The Labute approximate surface area is 96.0 Å². The van der Waals surface area contributed by atoms with Crippen LogP contribution in [0.2, 0.25) is 0 Å². The number of rotatable bonds is 1. The molecule has 16 heavy (non-hydrogen) atoms. The molecule has 0 saturated heterocycles. The zero-order valence-electron chi connectivity index (χ0n) is 10.3. The summed E-state index contributed by atoms with van der Waals surface area (Å²) in [6, 6.07) is 3.98. The van der Waals surface area contributed by atoms with Crippen LogP contribution in [-0.2, 0) is 11.8 Å². The lowest BCUT2D eigenvalue weighted by molar-refractivity contribution is 0.570. The summed E-state index contributed by atoms with van der Waals surface area (Å²) in [5.74, 6) is 0.871. The Kier molecular flexibility index (Phi) is 2.62. The summed E-state index contributed by atoms with van der Waals surface area (Å²) in [5, 5.41) is 1.06. The number of nitrogens with zero attached hydrogens (tertiary/aromatic N) is 3. The summed E-state index contributed by atoms with van der Waals surface area (Å²) in [6.45, 7) is 8.57. The first-order valence-corrected chi connectivity index (χ1v) is 5.64. The summed E-state index contributed by atoms with van der Waals surface area (Å²) < 4.78 is 0. The second-order valence-corrected chi connectivity index (χ2v) is 4.97. The average molecular weight is 215 g/mol. The van der Waals surface area contributed by atoms with Gasteiger partial charge in [-0.05, 0) is 12.1 Å². The Morgan fingerprint density at radius 3 is 2.56 bits per heavy atom. The van der Waals surface area contributed by atoms with Crippen LogP contribution in [-0.4, -0.2) is 15.0 Å². The zero-order valence-corrected chi connectivity index (χ0v) is 10.3. The summed E-state index contributed by atoms with van der Waals surface area (Å²) in [4.78, 5) is 13.4. The van der Waals surface area contributed by atoms with Gasteiger partial charge in [0.25, 0.3) is 0 Å². The summed E-state index contributed by atoms with van der Waals surface area (Å²) in [5.41, 5.74) is 1.91. The van der Waals surface area contributed by atoms with Crippen LogP contribution in [0.15, 0.2) is 18.3 Å². The van der Waals surface area contributed by atoms with E-state index in [9.17, 15) is 0 Å². The van der Waals surface area contributed by atoms with E-state index in [-0.39, 0.29) is 5.41 Å². The Morgan fingerprint density at radius 2 is 1.94 bits per heavy atom. The van der Waals surface area contributed by atoms with Crippen molar-refractivity contribution in [3.05, 3.63) is 29.8 Å². The SMILES string of the molecule is CCc1nc(C(C)(C)C)c2cccnc2n1. The molecule has 3 nitrogen and oxygen atoms in total. The van der Waals surface area contributed by atoms with Crippen LogP contribution < -0.4 is 0 Å². The lowest BCUT2D eigenvalue weighted by Crippen LogP contribution is -2.16. The molecule has 0 fully saturated rings. The number of hydrogen-bond donors (Lipinski definition) is 0. The molecule has 0 aromatic carbocycles. The first-order chi connectivity index (χ1) is 7.52. The highest BCUT2D eigenvalue weighted by Crippen LogP contribution is 2.26. The van der Waals surface area contributed by atoms with Crippen molar-refractivity contribution in [1.29, 1.82) is 0 Å². The molecule has 0 aliphatic heterocycles. The molecule has 0 spiro atoms. The Balaban J connectivity index is 2.79.